The largest absolute Gasteiger partial charge is 0.339 e. The molecule has 2 aromatic rings. The second-order valence-electron chi connectivity index (χ2n) is 7.50. The van der Waals surface area contributed by atoms with Gasteiger partial charge in [-0.25, -0.2) is 4.98 Å². The van der Waals surface area contributed by atoms with Gasteiger partial charge in [0.2, 0.25) is 5.91 Å². The highest BCUT2D eigenvalue weighted by Crippen LogP contribution is 2.59. The highest BCUT2D eigenvalue weighted by atomic mass is 35.5. The molecule has 1 aromatic heterocycles. The number of likely N-dealkylation sites (tertiary alicyclic amines) is 1. The van der Waals surface area contributed by atoms with Crippen LogP contribution in [-0.2, 0) is 4.79 Å². The number of hydrogen-bond donors (Lipinski definition) is 1. The van der Waals surface area contributed by atoms with Gasteiger partial charge in [0.25, 0.3) is 5.91 Å². The Labute approximate surface area is 173 Å². The van der Waals surface area contributed by atoms with Crippen LogP contribution < -0.4 is 5.32 Å². The fraction of sp³-hybridized carbons (Fsp3) is 0.381. The third-order valence-corrected chi connectivity index (χ3v) is 6.83. The van der Waals surface area contributed by atoms with Crippen molar-refractivity contribution in [1.82, 2.24) is 9.88 Å². The SMILES string of the molecule is CSc1ccc(NC(=O)C2CC23CCN(C(=O)c2ccnc(Cl)c2)CC3)cc1. The molecular formula is C21H22ClN3O2S. The topological polar surface area (TPSA) is 62.3 Å². The minimum absolute atomic E-state index is 0.0188. The highest BCUT2D eigenvalue weighted by molar-refractivity contribution is 7.98. The average Bonchev–Trinajstić information content (AvgIpc) is 3.42. The summed E-state index contributed by atoms with van der Waals surface area (Å²) in [7, 11) is 0. The van der Waals surface area contributed by atoms with E-state index in [-0.39, 0.29) is 23.1 Å². The van der Waals surface area contributed by atoms with E-state index in [1.165, 1.54) is 4.90 Å². The van der Waals surface area contributed by atoms with Crippen LogP contribution in [0.25, 0.3) is 0 Å². The molecule has 0 bridgehead atoms. The molecule has 1 spiro atoms. The number of nitrogens with zero attached hydrogens (tertiary/aromatic N) is 2. The summed E-state index contributed by atoms with van der Waals surface area (Å²) in [5, 5.41) is 3.37. The minimum Gasteiger partial charge on any atom is -0.339 e. The molecule has 146 valence electrons. The normalized spacial score (nSPS) is 20.1. The number of piperidine rings is 1. The zero-order valence-electron chi connectivity index (χ0n) is 15.7. The maximum atomic E-state index is 12.7. The lowest BCUT2D eigenvalue weighted by Crippen LogP contribution is -2.40. The van der Waals surface area contributed by atoms with Gasteiger partial charge in [0.05, 0.1) is 0 Å². The van der Waals surface area contributed by atoms with Gasteiger partial charge >= 0.3 is 0 Å². The molecule has 2 fully saturated rings. The van der Waals surface area contributed by atoms with Crippen LogP contribution in [0.2, 0.25) is 5.15 Å². The van der Waals surface area contributed by atoms with Crippen LogP contribution >= 0.6 is 23.4 Å². The number of halogens is 1. The van der Waals surface area contributed by atoms with Gasteiger partial charge in [-0.2, -0.15) is 0 Å². The number of anilines is 1. The van der Waals surface area contributed by atoms with Crippen molar-refractivity contribution in [3.05, 3.63) is 53.3 Å². The summed E-state index contributed by atoms with van der Waals surface area (Å²) in [4.78, 5) is 32.3. The first-order chi connectivity index (χ1) is 13.5. The van der Waals surface area contributed by atoms with Crippen LogP contribution in [0.1, 0.15) is 29.6 Å². The Morgan fingerprint density at radius 1 is 1.21 bits per heavy atom. The molecule has 2 aliphatic rings. The lowest BCUT2D eigenvalue weighted by Gasteiger charge is -2.33. The molecule has 4 rings (SSSR count). The zero-order chi connectivity index (χ0) is 19.7. The number of rotatable bonds is 4. The zero-order valence-corrected chi connectivity index (χ0v) is 17.2. The monoisotopic (exact) mass is 415 g/mol. The number of thioether (sulfide) groups is 1. The first-order valence-electron chi connectivity index (χ1n) is 9.36. The van der Waals surface area contributed by atoms with E-state index in [9.17, 15) is 9.59 Å². The van der Waals surface area contributed by atoms with Gasteiger partial charge in [-0.15, -0.1) is 11.8 Å². The van der Waals surface area contributed by atoms with Crippen molar-refractivity contribution >= 4 is 40.9 Å². The number of aromatic nitrogens is 1. The Morgan fingerprint density at radius 3 is 2.57 bits per heavy atom. The molecule has 7 heteroatoms. The molecule has 1 unspecified atom stereocenters. The third kappa shape index (κ3) is 3.89. The molecule has 1 atom stereocenters. The van der Waals surface area contributed by atoms with Gasteiger partial charge in [0, 0.05) is 41.4 Å². The van der Waals surface area contributed by atoms with Crippen LogP contribution in [0.3, 0.4) is 0 Å². The molecule has 5 nitrogen and oxygen atoms in total. The number of hydrogen-bond acceptors (Lipinski definition) is 4. The van der Waals surface area contributed by atoms with Crippen LogP contribution in [0.4, 0.5) is 5.69 Å². The minimum atomic E-state index is -0.0188. The van der Waals surface area contributed by atoms with E-state index in [4.69, 9.17) is 11.6 Å². The van der Waals surface area contributed by atoms with Gasteiger partial charge < -0.3 is 10.2 Å². The molecule has 1 aliphatic heterocycles. The summed E-state index contributed by atoms with van der Waals surface area (Å²) in [6, 6.07) is 11.2. The first-order valence-corrected chi connectivity index (χ1v) is 11.0. The van der Waals surface area contributed by atoms with Gasteiger partial charge in [-0.1, -0.05) is 11.6 Å². The summed E-state index contributed by atoms with van der Waals surface area (Å²) < 4.78 is 0. The second-order valence-corrected chi connectivity index (χ2v) is 8.76. The van der Waals surface area contributed by atoms with Crippen LogP contribution in [0, 0.1) is 11.3 Å². The van der Waals surface area contributed by atoms with Crippen molar-refractivity contribution in [3.8, 4) is 0 Å². The third-order valence-electron chi connectivity index (χ3n) is 5.88. The van der Waals surface area contributed by atoms with Crippen LogP contribution in [0.5, 0.6) is 0 Å². The number of nitrogens with one attached hydrogen (secondary N) is 1. The van der Waals surface area contributed by atoms with E-state index in [0.29, 0.717) is 23.8 Å². The molecule has 28 heavy (non-hydrogen) atoms. The van der Waals surface area contributed by atoms with Crippen molar-refractivity contribution in [3.63, 3.8) is 0 Å². The van der Waals surface area contributed by atoms with Crippen molar-refractivity contribution in [2.24, 2.45) is 11.3 Å². The first kappa shape index (κ1) is 19.3. The summed E-state index contributed by atoms with van der Waals surface area (Å²) in [5.74, 6) is 0.118. The Morgan fingerprint density at radius 2 is 1.93 bits per heavy atom. The van der Waals surface area contributed by atoms with Gasteiger partial charge in [-0.3, -0.25) is 9.59 Å². The summed E-state index contributed by atoms with van der Waals surface area (Å²) >= 11 is 7.57. The van der Waals surface area contributed by atoms with Gasteiger partial charge in [-0.05, 0) is 67.3 Å². The smallest absolute Gasteiger partial charge is 0.254 e. The van der Waals surface area contributed by atoms with Crippen molar-refractivity contribution in [2.45, 2.75) is 24.2 Å². The molecule has 1 aromatic carbocycles. The van der Waals surface area contributed by atoms with Crippen LogP contribution in [0.15, 0.2) is 47.5 Å². The molecule has 2 heterocycles. The second kappa shape index (κ2) is 7.76. The van der Waals surface area contributed by atoms with E-state index < -0.39 is 0 Å². The number of carbonyl (C=O) groups is 2. The van der Waals surface area contributed by atoms with E-state index in [0.717, 1.165) is 24.9 Å². The lowest BCUT2D eigenvalue weighted by atomic mass is 9.90. The Hall–Kier alpha value is -2.05. The summed E-state index contributed by atoms with van der Waals surface area (Å²) in [5.41, 5.74) is 1.46. The standard InChI is InChI=1S/C21H22ClN3O2S/c1-28-16-4-2-15(3-5-16)24-19(26)17-13-21(17)7-10-25(11-8-21)20(27)14-6-9-23-18(22)12-14/h2-6,9,12,17H,7-8,10-11,13H2,1H3,(H,24,26). The Kier molecular flexibility index (Phi) is 5.34. The molecule has 1 saturated heterocycles. The summed E-state index contributed by atoms with van der Waals surface area (Å²) in [6.07, 6.45) is 6.21. The molecule has 0 radical (unpaired) electrons. The van der Waals surface area contributed by atoms with Gasteiger partial charge in [0.1, 0.15) is 5.15 Å². The molecule has 2 amide bonds. The van der Waals surface area contributed by atoms with Crippen LogP contribution in [-0.4, -0.2) is 41.0 Å². The maximum absolute atomic E-state index is 12.7. The van der Waals surface area contributed by atoms with E-state index in [1.54, 1.807) is 30.1 Å². The lowest BCUT2D eigenvalue weighted by molar-refractivity contribution is -0.118. The number of pyridine rings is 1. The molecule has 1 saturated carbocycles. The number of benzene rings is 1. The predicted molar refractivity (Wildman–Crippen MR) is 112 cm³/mol. The predicted octanol–water partition coefficient (Wildman–Crippen LogP) is 4.34. The Balaban J connectivity index is 1.32. The summed E-state index contributed by atoms with van der Waals surface area (Å²) in [6.45, 7) is 1.34. The fourth-order valence-electron chi connectivity index (χ4n) is 4.05. The van der Waals surface area contributed by atoms with E-state index >= 15 is 0 Å². The maximum Gasteiger partial charge on any atom is 0.254 e. The van der Waals surface area contributed by atoms with Crippen molar-refractivity contribution in [2.75, 3.05) is 24.7 Å². The van der Waals surface area contributed by atoms with E-state index in [2.05, 4.69) is 10.3 Å². The fourth-order valence-corrected chi connectivity index (χ4v) is 4.63. The molecule has 1 N–H and O–H groups in total. The highest BCUT2D eigenvalue weighted by Gasteiger charge is 2.58. The quantitative estimate of drug-likeness (QED) is 0.596. The number of amides is 2. The average molecular weight is 416 g/mol. The van der Waals surface area contributed by atoms with Crippen molar-refractivity contribution in [1.29, 1.82) is 0 Å². The molecular weight excluding hydrogens is 394 g/mol. The Bertz CT molecular complexity index is 895. The number of carbonyl (C=O) groups excluding carboxylic acids is 2. The van der Waals surface area contributed by atoms with E-state index in [1.807, 2.05) is 35.4 Å². The molecule has 1 aliphatic carbocycles. The van der Waals surface area contributed by atoms with Crippen molar-refractivity contribution < 1.29 is 9.59 Å². The van der Waals surface area contributed by atoms with Gasteiger partial charge in [0.15, 0.2) is 0 Å².